The van der Waals surface area contributed by atoms with Crippen molar-refractivity contribution in [2.75, 3.05) is 12.8 Å². The molecule has 1 amide bonds. The predicted molar refractivity (Wildman–Crippen MR) is 105 cm³/mol. The van der Waals surface area contributed by atoms with Gasteiger partial charge in [0, 0.05) is 16.8 Å². The van der Waals surface area contributed by atoms with Crippen LogP contribution >= 0.6 is 12.4 Å². The van der Waals surface area contributed by atoms with Crippen LogP contribution in [0.3, 0.4) is 0 Å². The highest BCUT2D eigenvalue weighted by Gasteiger charge is 2.21. The number of carbonyl (C=O) groups excluding carboxylic acids is 1. The molecule has 3 N–H and O–H groups in total. The molecule has 4 nitrogen and oxygen atoms in total. The summed E-state index contributed by atoms with van der Waals surface area (Å²) in [6, 6.07) is 13.1. The molecular formula is C20H27ClN2O2. The van der Waals surface area contributed by atoms with Crippen LogP contribution in [0.4, 0.5) is 5.69 Å². The molecule has 0 spiro atoms. The van der Waals surface area contributed by atoms with Gasteiger partial charge >= 0.3 is 0 Å². The second-order valence-electron chi connectivity index (χ2n) is 6.47. The van der Waals surface area contributed by atoms with Crippen LogP contribution in [0.2, 0.25) is 0 Å². The van der Waals surface area contributed by atoms with Gasteiger partial charge in [-0.1, -0.05) is 38.1 Å². The lowest BCUT2D eigenvalue weighted by Gasteiger charge is -2.23. The number of nitrogens with one attached hydrogen (secondary N) is 1. The molecule has 0 saturated heterocycles. The van der Waals surface area contributed by atoms with Crippen molar-refractivity contribution >= 4 is 24.0 Å². The van der Waals surface area contributed by atoms with E-state index in [4.69, 9.17) is 10.5 Å². The summed E-state index contributed by atoms with van der Waals surface area (Å²) < 4.78 is 5.47. The second kappa shape index (κ2) is 9.33. The number of benzene rings is 2. The van der Waals surface area contributed by atoms with Gasteiger partial charge in [-0.25, -0.2) is 0 Å². The van der Waals surface area contributed by atoms with Gasteiger partial charge in [-0.15, -0.1) is 12.4 Å². The predicted octanol–water partition coefficient (Wildman–Crippen LogP) is 4.52. The summed E-state index contributed by atoms with van der Waals surface area (Å²) in [7, 11) is 1.65. The van der Waals surface area contributed by atoms with Crippen molar-refractivity contribution in [2.24, 2.45) is 5.92 Å². The molecule has 0 bridgehead atoms. The maximum Gasteiger partial charge on any atom is 0.252 e. The van der Waals surface area contributed by atoms with E-state index in [-0.39, 0.29) is 24.4 Å². The van der Waals surface area contributed by atoms with Crippen LogP contribution in [-0.4, -0.2) is 13.0 Å². The summed E-state index contributed by atoms with van der Waals surface area (Å²) in [5.74, 6) is 1.10. The summed E-state index contributed by atoms with van der Waals surface area (Å²) in [4.78, 5) is 12.8. The zero-order chi connectivity index (χ0) is 17.7. The van der Waals surface area contributed by atoms with Crippen LogP contribution in [0.5, 0.6) is 5.75 Å². The van der Waals surface area contributed by atoms with Crippen molar-refractivity contribution in [2.45, 2.75) is 33.2 Å². The van der Waals surface area contributed by atoms with Gasteiger partial charge in [-0.2, -0.15) is 0 Å². The Morgan fingerprint density at radius 1 is 1.20 bits per heavy atom. The minimum atomic E-state index is -0.116. The number of methoxy groups -OCH3 is 1. The van der Waals surface area contributed by atoms with Crippen LogP contribution in [0.25, 0.3) is 0 Å². The normalized spacial score (nSPS) is 11.6. The molecule has 0 aliphatic heterocycles. The Morgan fingerprint density at radius 2 is 1.88 bits per heavy atom. The minimum Gasteiger partial charge on any atom is -0.496 e. The largest absolute Gasteiger partial charge is 0.496 e. The van der Waals surface area contributed by atoms with E-state index < -0.39 is 0 Å². The van der Waals surface area contributed by atoms with E-state index in [0.717, 1.165) is 23.3 Å². The van der Waals surface area contributed by atoms with Gasteiger partial charge in [0.1, 0.15) is 5.75 Å². The molecule has 0 aliphatic rings. The smallest absolute Gasteiger partial charge is 0.252 e. The van der Waals surface area contributed by atoms with Gasteiger partial charge in [0.2, 0.25) is 0 Å². The summed E-state index contributed by atoms with van der Waals surface area (Å²) in [5, 5.41) is 3.15. The van der Waals surface area contributed by atoms with E-state index >= 15 is 0 Å². The topological polar surface area (TPSA) is 64.3 Å². The van der Waals surface area contributed by atoms with Crippen molar-refractivity contribution in [1.82, 2.24) is 5.32 Å². The molecule has 1 unspecified atom stereocenters. The number of ether oxygens (including phenoxy) is 1. The van der Waals surface area contributed by atoms with Gasteiger partial charge in [0.25, 0.3) is 5.91 Å². The number of nitrogen functional groups attached to an aromatic ring is 1. The lowest BCUT2D eigenvalue weighted by Crippen LogP contribution is -2.30. The Balaban J connectivity index is 0.00000312. The van der Waals surface area contributed by atoms with E-state index in [1.165, 1.54) is 0 Å². The average Bonchev–Trinajstić information content (AvgIpc) is 2.55. The highest BCUT2D eigenvalue weighted by molar-refractivity contribution is 5.96. The van der Waals surface area contributed by atoms with Crippen molar-refractivity contribution < 1.29 is 9.53 Å². The average molecular weight is 363 g/mol. The summed E-state index contributed by atoms with van der Waals surface area (Å²) in [6.07, 6.45) is 0.827. The maximum absolute atomic E-state index is 12.8. The quantitative estimate of drug-likeness (QED) is 0.742. The number of carbonyl (C=O) groups is 1. The lowest BCUT2D eigenvalue weighted by molar-refractivity contribution is 0.0931. The molecule has 25 heavy (non-hydrogen) atoms. The third-order valence-corrected chi connectivity index (χ3v) is 4.03. The molecular weight excluding hydrogens is 336 g/mol. The van der Waals surface area contributed by atoms with Crippen LogP contribution in [-0.2, 0) is 0 Å². The molecule has 0 aliphatic carbocycles. The molecule has 0 saturated carbocycles. The van der Waals surface area contributed by atoms with Crippen molar-refractivity contribution in [3.05, 3.63) is 59.2 Å². The fourth-order valence-corrected chi connectivity index (χ4v) is 2.81. The Hall–Kier alpha value is -2.20. The number of hydrogen-bond acceptors (Lipinski definition) is 3. The fourth-order valence-electron chi connectivity index (χ4n) is 2.81. The lowest BCUT2D eigenvalue weighted by atomic mass is 9.95. The minimum absolute atomic E-state index is 0. The summed E-state index contributed by atoms with van der Waals surface area (Å²) in [5.41, 5.74) is 8.93. The number of hydrogen-bond donors (Lipinski definition) is 2. The molecule has 2 aromatic rings. The number of nitrogens with two attached hydrogens (primary N) is 1. The van der Waals surface area contributed by atoms with Crippen molar-refractivity contribution in [1.29, 1.82) is 0 Å². The van der Waals surface area contributed by atoms with E-state index in [2.05, 4.69) is 19.2 Å². The van der Waals surface area contributed by atoms with Crippen LogP contribution < -0.4 is 15.8 Å². The molecule has 136 valence electrons. The zero-order valence-corrected chi connectivity index (χ0v) is 16.0. The standard InChI is InChI=1S/C20H26N2O2.ClH/c1-13(2)11-18(16-7-5-6-8-19(16)24-4)22-20(23)17-12-15(21)10-9-14(17)3;/h5-10,12-13,18H,11,21H2,1-4H3,(H,22,23);1H. The second-order valence-corrected chi connectivity index (χ2v) is 6.47. The third kappa shape index (κ3) is 5.40. The Labute approximate surface area is 156 Å². The van der Waals surface area contributed by atoms with Crippen LogP contribution in [0.15, 0.2) is 42.5 Å². The van der Waals surface area contributed by atoms with Gasteiger partial charge in [-0.05, 0) is 43.0 Å². The Morgan fingerprint density at radius 3 is 2.52 bits per heavy atom. The van der Waals surface area contributed by atoms with E-state index in [1.807, 2.05) is 37.3 Å². The maximum atomic E-state index is 12.8. The highest BCUT2D eigenvalue weighted by Crippen LogP contribution is 2.29. The van der Waals surface area contributed by atoms with Crippen molar-refractivity contribution in [3.8, 4) is 5.75 Å². The molecule has 0 fully saturated rings. The number of para-hydroxylation sites is 1. The molecule has 2 aromatic carbocycles. The first-order valence-electron chi connectivity index (χ1n) is 8.22. The Bertz CT molecular complexity index is 717. The van der Waals surface area contributed by atoms with Gasteiger partial charge in [0.15, 0.2) is 0 Å². The molecule has 0 radical (unpaired) electrons. The summed E-state index contributed by atoms with van der Waals surface area (Å²) >= 11 is 0. The Kier molecular flexibility index (Phi) is 7.78. The first-order chi connectivity index (χ1) is 11.4. The molecule has 5 heteroatoms. The highest BCUT2D eigenvalue weighted by atomic mass is 35.5. The number of amides is 1. The third-order valence-electron chi connectivity index (χ3n) is 4.03. The summed E-state index contributed by atoms with van der Waals surface area (Å²) in [6.45, 7) is 6.19. The van der Waals surface area contributed by atoms with E-state index in [1.54, 1.807) is 19.2 Å². The van der Waals surface area contributed by atoms with Gasteiger partial charge in [0.05, 0.1) is 13.2 Å². The first kappa shape index (κ1) is 20.8. The number of rotatable bonds is 6. The fraction of sp³-hybridized carbons (Fsp3) is 0.350. The van der Waals surface area contributed by atoms with Gasteiger partial charge in [-0.3, -0.25) is 4.79 Å². The molecule has 0 aromatic heterocycles. The number of anilines is 1. The monoisotopic (exact) mass is 362 g/mol. The van der Waals surface area contributed by atoms with E-state index in [9.17, 15) is 4.79 Å². The number of halogens is 1. The molecule has 2 rings (SSSR count). The van der Waals surface area contributed by atoms with Crippen molar-refractivity contribution in [3.63, 3.8) is 0 Å². The SMILES string of the molecule is COc1ccccc1C(CC(C)C)NC(=O)c1cc(N)ccc1C.Cl. The molecule has 1 atom stereocenters. The van der Waals surface area contributed by atoms with Crippen LogP contribution in [0.1, 0.15) is 47.8 Å². The molecule has 0 heterocycles. The van der Waals surface area contributed by atoms with Gasteiger partial charge < -0.3 is 15.8 Å². The first-order valence-corrected chi connectivity index (χ1v) is 8.22. The zero-order valence-electron chi connectivity index (χ0n) is 15.2. The van der Waals surface area contributed by atoms with E-state index in [0.29, 0.717) is 17.2 Å². The number of aryl methyl sites for hydroxylation is 1. The van der Waals surface area contributed by atoms with Crippen LogP contribution in [0, 0.1) is 12.8 Å².